The second-order valence-corrected chi connectivity index (χ2v) is 5.06. The largest absolute Gasteiger partial charge is 0.480 e. The standard InChI is InChI=1S/C16H14ClNO3/c1-11-2-4-12(5-3-11)16(21)18(10-15(19)20)14-8-6-13(17)7-9-14/h2-9H,10H2,1H3,(H,19,20). The Morgan fingerprint density at radius 1 is 1.05 bits per heavy atom. The zero-order valence-corrected chi connectivity index (χ0v) is 12.2. The van der Waals surface area contributed by atoms with E-state index >= 15 is 0 Å². The Labute approximate surface area is 127 Å². The average Bonchev–Trinajstić information content (AvgIpc) is 2.46. The van der Waals surface area contributed by atoms with Gasteiger partial charge in [0.25, 0.3) is 5.91 Å². The molecule has 0 fully saturated rings. The zero-order valence-electron chi connectivity index (χ0n) is 11.4. The van der Waals surface area contributed by atoms with Crippen molar-refractivity contribution in [2.45, 2.75) is 6.92 Å². The molecule has 0 spiro atoms. The van der Waals surface area contributed by atoms with Gasteiger partial charge in [0.2, 0.25) is 0 Å². The highest BCUT2D eigenvalue weighted by Crippen LogP contribution is 2.20. The van der Waals surface area contributed by atoms with Gasteiger partial charge in [0.1, 0.15) is 6.54 Å². The summed E-state index contributed by atoms with van der Waals surface area (Å²) in [7, 11) is 0. The van der Waals surface area contributed by atoms with Crippen molar-refractivity contribution in [3.8, 4) is 0 Å². The number of hydrogen-bond donors (Lipinski definition) is 1. The highest BCUT2D eigenvalue weighted by Gasteiger charge is 2.20. The Morgan fingerprint density at radius 3 is 2.14 bits per heavy atom. The Morgan fingerprint density at radius 2 is 1.62 bits per heavy atom. The molecule has 0 heterocycles. The van der Waals surface area contributed by atoms with Crippen LogP contribution in [0.4, 0.5) is 5.69 Å². The molecule has 5 heteroatoms. The maximum absolute atomic E-state index is 12.5. The van der Waals surface area contributed by atoms with Gasteiger partial charge < -0.3 is 5.11 Å². The lowest BCUT2D eigenvalue weighted by Crippen LogP contribution is -2.35. The van der Waals surface area contributed by atoms with Gasteiger partial charge in [0.15, 0.2) is 0 Å². The molecular weight excluding hydrogens is 290 g/mol. The van der Waals surface area contributed by atoms with Gasteiger partial charge >= 0.3 is 5.97 Å². The molecule has 4 nitrogen and oxygen atoms in total. The number of rotatable bonds is 4. The Kier molecular flexibility index (Phi) is 4.60. The summed E-state index contributed by atoms with van der Waals surface area (Å²) >= 11 is 5.82. The average molecular weight is 304 g/mol. The number of anilines is 1. The summed E-state index contributed by atoms with van der Waals surface area (Å²) < 4.78 is 0. The molecule has 1 amide bonds. The van der Waals surface area contributed by atoms with Gasteiger partial charge in [-0.2, -0.15) is 0 Å². The molecule has 0 aliphatic carbocycles. The zero-order chi connectivity index (χ0) is 15.4. The molecule has 0 radical (unpaired) electrons. The van der Waals surface area contributed by atoms with Crippen LogP contribution in [0.1, 0.15) is 15.9 Å². The topological polar surface area (TPSA) is 57.6 Å². The highest BCUT2D eigenvalue weighted by molar-refractivity contribution is 6.30. The third kappa shape index (κ3) is 3.83. The van der Waals surface area contributed by atoms with Crippen molar-refractivity contribution in [3.05, 3.63) is 64.7 Å². The molecule has 0 aromatic heterocycles. The van der Waals surface area contributed by atoms with E-state index in [-0.39, 0.29) is 5.91 Å². The first kappa shape index (κ1) is 15.1. The SMILES string of the molecule is Cc1ccc(C(=O)N(CC(=O)O)c2ccc(Cl)cc2)cc1. The summed E-state index contributed by atoms with van der Waals surface area (Å²) in [4.78, 5) is 24.7. The molecule has 2 aromatic rings. The Hall–Kier alpha value is -2.33. The fourth-order valence-corrected chi connectivity index (χ4v) is 2.01. The van der Waals surface area contributed by atoms with Crippen LogP contribution in [0.15, 0.2) is 48.5 Å². The van der Waals surface area contributed by atoms with Crippen LogP contribution in [0.5, 0.6) is 0 Å². The number of carboxylic acid groups (broad SMARTS) is 1. The van der Waals surface area contributed by atoms with Crippen LogP contribution < -0.4 is 4.90 Å². The number of hydrogen-bond acceptors (Lipinski definition) is 2. The van der Waals surface area contributed by atoms with Crippen LogP contribution in [0.25, 0.3) is 0 Å². The number of carbonyl (C=O) groups is 2. The van der Waals surface area contributed by atoms with Gasteiger partial charge in [0, 0.05) is 16.3 Å². The number of carboxylic acids is 1. The molecule has 0 saturated carbocycles. The van der Waals surface area contributed by atoms with Crippen molar-refractivity contribution in [2.24, 2.45) is 0 Å². The molecule has 2 rings (SSSR count). The van der Waals surface area contributed by atoms with Gasteiger partial charge in [-0.3, -0.25) is 14.5 Å². The van der Waals surface area contributed by atoms with Crippen molar-refractivity contribution in [3.63, 3.8) is 0 Å². The highest BCUT2D eigenvalue weighted by atomic mass is 35.5. The lowest BCUT2D eigenvalue weighted by atomic mass is 10.1. The first-order valence-electron chi connectivity index (χ1n) is 6.33. The van der Waals surface area contributed by atoms with Gasteiger partial charge in [-0.15, -0.1) is 0 Å². The van der Waals surface area contributed by atoms with Crippen molar-refractivity contribution in [2.75, 3.05) is 11.4 Å². The molecule has 0 aliphatic rings. The minimum absolute atomic E-state index is 0.361. The maximum Gasteiger partial charge on any atom is 0.323 e. The second kappa shape index (κ2) is 6.41. The normalized spacial score (nSPS) is 10.2. The summed E-state index contributed by atoms with van der Waals surface area (Å²) in [5.41, 5.74) is 1.96. The lowest BCUT2D eigenvalue weighted by molar-refractivity contribution is -0.135. The van der Waals surface area contributed by atoms with Gasteiger partial charge in [0.05, 0.1) is 0 Å². The van der Waals surface area contributed by atoms with E-state index in [0.717, 1.165) is 5.56 Å². The predicted octanol–water partition coefficient (Wildman–Crippen LogP) is 3.38. The van der Waals surface area contributed by atoms with E-state index < -0.39 is 12.5 Å². The van der Waals surface area contributed by atoms with Crippen LogP contribution in [0.3, 0.4) is 0 Å². The summed E-state index contributed by atoms with van der Waals surface area (Å²) in [5.74, 6) is -1.44. The summed E-state index contributed by atoms with van der Waals surface area (Å²) in [5, 5.41) is 9.54. The number of aryl methyl sites for hydroxylation is 1. The molecular formula is C16H14ClNO3. The van der Waals surface area contributed by atoms with Crippen LogP contribution >= 0.6 is 11.6 Å². The van der Waals surface area contributed by atoms with Crippen LogP contribution in [-0.4, -0.2) is 23.5 Å². The van der Waals surface area contributed by atoms with Gasteiger partial charge in [-0.1, -0.05) is 29.3 Å². The second-order valence-electron chi connectivity index (χ2n) is 4.63. The monoisotopic (exact) mass is 303 g/mol. The molecule has 0 aliphatic heterocycles. The van der Waals surface area contributed by atoms with Crippen LogP contribution in [-0.2, 0) is 4.79 Å². The minimum Gasteiger partial charge on any atom is -0.480 e. The number of nitrogens with zero attached hydrogens (tertiary/aromatic N) is 1. The smallest absolute Gasteiger partial charge is 0.323 e. The molecule has 0 unspecified atom stereocenters. The predicted molar refractivity (Wildman–Crippen MR) is 81.9 cm³/mol. The fourth-order valence-electron chi connectivity index (χ4n) is 1.89. The van der Waals surface area contributed by atoms with Crippen LogP contribution in [0, 0.1) is 6.92 Å². The molecule has 1 N–H and O–H groups in total. The molecule has 0 atom stereocenters. The quantitative estimate of drug-likeness (QED) is 0.942. The summed E-state index contributed by atoms with van der Waals surface area (Å²) in [6.07, 6.45) is 0. The van der Waals surface area contributed by atoms with E-state index in [2.05, 4.69) is 0 Å². The number of aliphatic carboxylic acids is 1. The number of amides is 1. The van der Waals surface area contributed by atoms with E-state index in [1.54, 1.807) is 36.4 Å². The van der Waals surface area contributed by atoms with Crippen LogP contribution in [0.2, 0.25) is 5.02 Å². The van der Waals surface area contributed by atoms with E-state index in [4.69, 9.17) is 16.7 Å². The summed E-state index contributed by atoms with van der Waals surface area (Å²) in [6, 6.07) is 13.5. The van der Waals surface area contributed by atoms with Crippen molar-refractivity contribution in [1.29, 1.82) is 0 Å². The third-order valence-electron chi connectivity index (χ3n) is 2.98. The molecule has 108 valence electrons. The van der Waals surface area contributed by atoms with E-state index in [1.165, 1.54) is 4.90 Å². The van der Waals surface area contributed by atoms with E-state index in [9.17, 15) is 9.59 Å². The van der Waals surface area contributed by atoms with Gasteiger partial charge in [-0.05, 0) is 43.3 Å². The summed E-state index contributed by atoms with van der Waals surface area (Å²) in [6.45, 7) is 1.51. The number of benzene rings is 2. The molecule has 21 heavy (non-hydrogen) atoms. The first-order valence-corrected chi connectivity index (χ1v) is 6.71. The number of halogens is 1. The minimum atomic E-state index is -1.08. The van der Waals surface area contributed by atoms with Crippen molar-refractivity contribution in [1.82, 2.24) is 0 Å². The van der Waals surface area contributed by atoms with E-state index in [0.29, 0.717) is 16.3 Å². The van der Waals surface area contributed by atoms with Gasteiger partial charge in [-0.25, -0.2) is 0 Å². The van der Waals surface area contributed by atoms with Crippen molar-refractivity contribution >= 4 is 29.2 Å². The first-order chi connectivity index (χ1) is 9.97. The Balaban J connectivity index is 2.35. The number of carbonyl (C=O) groups excluding carboxylic acids is 1. The van der Waals surface area contributed by atoms with Crippen molar-refractivity contribution < 1.29 is 14.7 Å². The van der Waals surface area contributed by atoms with E-state index in [1.807, 2.05) is 19.1 Å². The maximum atomic E-state index is 12.5. The molecule has 2 aromatic carbocycles. The molecule has 0 bridgehead atoms. The lowest BCUT2D eigenvalue weighted by Gasteiger charge is -2.21. The third-order valence-corrected chi connectivity index (χ3v) is 3.23. The Bertz CT molecular complexity index is 650. The fraction of sp³-hybridized carbons (Fsp3) is 0.125. The molecule has 0 saturated heterocycles.